The van der Waals surface area contributed by atoms with Crippen LogP contribution in [0.15, 0.2) is 59.5 Å². The maximum absolute atomic E-state index is 12.8. The van der Waals surface area contributed by atoms with Crippen molar-refractivity contribution in [3.63, 3.8) is 0 Å². The topological polar surface area (TPSA) is 92.5 Å². The van der Waals surface area contributed by atoms with Gasteiger partial charge < -0.3 is 10.6 Å². The van der Waals surface area contributed by atoms with Gasteiger partial charge in [0.15, 0.2) is 0 Å². The van der Waals surface area contributed by atoms with E-state index in [1.54, 1.807) is 24.0 Å². The molecule has 0 heterocycles. The number of sulfonamides is 1. The Morgan fingerprint density at radius 1 is 1.07 bits per heavy atom. The van der Waals surface area contributed by atoms with Crippen molar-refractivity contribution in [3.05, 3.63) is 65.7 Å². The van der Waals surface area contributed by atoms with Crippen LogP contribution < -0.4 is 10.5 Å². The highest BCUT2D eigenvalue weighted by Crippen LogP contribution is 2.11. The van der Waals surface area contributed by atoms with Crippen molar-refractivity contribution in [3.8, 4) is 0 Å². The lowest BCUT2D eigenvalue weighted by Gasteiger charge is -2.26. The first kappa shape index (κ1) is 24.1. The summed E-state index contributed by atoms with van der Waals surface area (Å²) in [6, 6.07) is 15.5. The summed E-state index contributed by atoms with van der Waals surface area (Å²) in [7, 11) is -3.77. The van der Waals surface area contributed by atoms with Crippen LogP contribution in [0, 0.1) is 6.92 Å². The summed E-state index contributed by atoms with van der Waals surface area (Å²) < 4.78 is 27.5. The Hall–Kier alpha value is -1.93. The molecule has 6 nitrogen and oxygen atoms in total. The van der Waals surface area contributed by atoms with Gasteiger partial charge in [-0.15, -0.1) is 12.4 Å². The van der Waals surface area contributed by atoms with Gasteiger partial charge in [0.1, 0.15) is 0 Å². The minimum atomic E-state index is -3.77. The van der Waals surface area contributed by atoms with Crippen LogP contribution in [0.4, 0.5) is 0 Å². The molecule has 2 aromatic carbocycles. The standard InChI is InChI=1S/C20H27N3O3S.ClH/c1-16-8-10-19(11-9-16)27(25,26)22-17(2)20(24)23(15-13-21)14-12-18-6-4-3-5-7-18;/h3-11,17,22H,12-15,21H2,1-2H3;1H. The van der Waals surface area contributed by atoms with Gasteiger partial charge in [0.25, 0.3) is 0 Å². The van der Waals surface area contributed by atoms with E-state index >= 15 is 0 Å². The van der Waals surface area contributed by atoms with Crippen molar-refractivity contribution in [1.29, 1.82) is 0 Å². The minimum absolute atomic E-state index is 0. The van der Waals surface area contributed by atoms with Crippen molar-refractivity contribution in [1.82, 2.24) is 9.62 Å². The summed E-state index contributed by atoms with van der Waals surface area (Å²) in [5, 5.41) is 0. The molecular weight excluding hydrogens is 398 g/mol. The number of halogens is 1. The molecule has 2 aromatic rings. The number of benzene rings is 2. The van der Waals surface area contributed by atoms with E-state index in [-0.39, 0.29) is 23.2 Å². The van der Waals surface area contributed by atoms with Crippen LogP contribution in [0.2, 0.25) is 0 Å². The number of aryl methyl sites for hydroxylation is 1. The molecule has 8 heteroatoms. The molecule has 2 rings (SSSR count). The molecule has 0 aliphatic heterocycles. The number of nitrogens with two attached hydrogens (primary N) is 1. The average molecular weight is 426 g/mol. The molecule has 0 bridgehead atoms. The third-order valence-corrected chi connectivity index (χ3v) is 5.81. The van der Waals surface area contributed by atoms with Crippen LogP contribution >= 0.6 is 12.4 Å². The minimum Gasteiger partial charge on any atom is -0.340 e. The smallest absolute Gasteiger partial charge is 0.241 e. The molecule has 1 amide bonds. The molecule has 0 aliphatic rings. The second kappa shape index (κ2) is 11.2. The lowest BCUT2D eigenvalue weighted by Crippen LogP contribution is -2.48. The molecule has 28 heavy (non-hydrogen) atoms. The summed E-state index contributed by atoms with van der Waals surface area (Å²) in [6.45, 7) is 4.62. The Kier molecular flexibility index (Phi) is 9.61. The van der Waals surface area contributed by atoms with E-state index in [9.17, 15) is 13.2 Å². The molecule has 0 spiro atoms. The molecule has 3 N–H and O–H groups in total. The van der Waals surface area contributed by atoms with E-state index in [2.05, 4.69) is 4.72 Å². The molecule has 0 saturated heterocycles. The quantitative estimate of drug-likeness (QED) is 0.643. The van der Waals surface area contributed by atoms with Crippen LogP contribution in [0.5, 0.6) is 0 Å². The van der Waals surface area contributed by atoms with Gasteiger partial charge >= 0.3 is 0 Å². The SMILES string of the molecule is Cc1ccc(S(=O)(=O)NC(C)C(=O)N(CCN)CCc2ccccc2)cc1.Cl. The zero-order valence-electron chi connectivity index (χ0n) is 16.2. The number of rotatable bonds is 9. The van der Waals surface area contributed by atoms with Crippen LogP contribution in [0.3, 0.4) is 0 Å². The van der Waals surface area contributed by atoms with Gasteiger partial charge in [-0.2, -0.15) is 4.72 Å². The van der Waals surface area contributed by atoms with Gasteiger partial charge in [-0.05, 0) is 38.0 Å². The molecule has 0 saturated carbocycles. The highest BCUT2D eigenvalue weighted by molar-refractivity contribution is 7.89. The van der Waals surface area contributed by atoms with Gasteiger partial charge in [-0.3, -0.25) is 4.79 Å². The van der Waals surface area contributed by atoms with Gasteiger partial charge in [0.05, 0.1) is 10.9 Å². The number of nitrogens with zero attached hydrogens (tertiary/aromatic N) is 1. The number of hydrogen-bond donors (Lipinski definition) is 2. The fourth-order valence-electron chi connectivity index (χ4n) is 2.74. The van der Waals surface area contributed by atoms with Gasteiger partial charge in [0.2, 0.25) is 15.9 Å². The maximum atomic E-state index is 12.8. The second-order valence-corrected chi connectivity index (χ2v) is 8.22. The maximum Gasteiger partial charge on any atom is 0.241 e. The molecular formula is C20H28ClN3O3S. The third-order valence-electron chi connectivity index (χ3n) is 4.26. The van der Waals surface area contributed by atoms with E-state index < -0.39 is 16.1 Å². The molecule has 154 valence electrons. The summed E-state index contributed by atoms with van der Waals surface area (Å²) >= 11 is 0. The number of carbonyl (C=O) groups is 1. The number of nitrogens with one attached hydrogen (secondary N) is 1. The van der Waals surface area contributed by atoms with E-state index in [1.165, 1.54) is 12.1 Å². The van der Waals surface area contributed by atoms with Crippen LogP contribution in [0.1, 0.15) is 18.1 Å². The molecule has 0 fully saturated rings. The lowest BCUT2D eigenvalue weighted by atomic mass is 10.1. The summed E-state index contributed by atoms with van der Waals surface area (Å²) in [5.41, 5.74) is 7.71. The van der Waals surface area contributed by atoms with Crippen molar-refractivity contribution in [2.75, 3.05) is 19.6 Å². The number of amides is 1. The highest BCUT2D eigenvalue weighted by atomic mass is 35.5. The van der Waals surface area contributed by atoms with Crippen LogP contribution in [0.25, 0.3) is 0 Å². The first-order chi connectivity index (χ1) is 12.8. The fourth-order valence-corrected chi connectivity index (χ4v) is 3.94. The van der Waals surface area contributed by atoms with Gasteiger partial charge in [-0.1, -0.05) is 48.0 Å². The van der Waals surface area contributed by atoms with E-state index in [4.69, 9.17) is 5.73 Å². The Balaban J connectivity index is 0.00000392. The second-order valence-electron chi connectivity index (χ2n) is 6.51. The van der Waals surface area contributed by atoms with Crippen molar-refractivity contribution in [2.45, 2.75) is 31.2 Å². The Bertz CT molecular complexity index is 843. The predicted molar refractivity (Wildman–Crippen MR) is 114 cm³/mol. The number of carbonyl (C=O) groups excluding carboxylic acids is 1. The molecule has 0 radical (unpaired) electrons. The van der Waals surface area contributed by atoms with Crippen LogP contribution in [-0.4, -0.2) is 44.9 Å². The van der Waals surface area contributed by atoms with E-state index in [0.29, 0.717) is 26.1 Å². The predicted octanol–water partition coefficient (Wildman–Crippen LogP) is 2.11. The van der Waals surface area contributed by atoms with Crippen molar-refractivity contribution >= 4 is 28.3 Å². The largest absolute Gasteiger partial charge is 0.340 e. The summed E-state index contributed by atoms with van der Waals surface area (Å²) in [6.07, 6.45) is 0.685. The lowest BCUT2D eigenvalue weighted by molar-refractivity contribution is -0.132. The Morgan fingerprint density at radius 2 is 1.68 bits per heavy atom. The monoisotopic (exact) mass is 425 g/mol. The molecule has 1 unspecified atom stereocenters. The zero-order valence-corrected chi connectivity index (χ0v) is 17.8. The van der Waals surface area contributed by atoms with Gasteiger partial charge in [-0.25, -0.2) is 8.42 Å². The van der Waals surface area contributed by atoms with Crippen molar-refractivity contribution in [2.24, 2.45) is 5.73 Å². The molecule has 1 atom stereocenters. The average Bonchev–Trinajstić information content (AvgIpc) is 2.65. The van der Waals surface area contributed by atoms with Crippen LogP contribution in [-0.2, 0) is 21.2 Å². The number of hydrogen-bond acceptors (Lipinski definition) is 4. The first-order valence-electron chi connectivity index (χ1n) is 8.95. The summed E-state index contributed by atoms with van der Waals surface area (Å²) in [5.74, 6) is -0.285. The molecule has 0 aliphatic carbocycles. The fraction of sp³-hybridized carbons (Fsp3) is 0.350. The molecule has 0 aromatic heterocycles. The van der Waals surface area contributed by atoms with Gasteiger partial charge in [0, 0.05) is 19.6 Å². The Morgan fingerprint density at radius 3 is 2.25 bits per heavy atom. The normalized spacial score (nSPS) is 12.1. The Labute approximate surface area is 173 Å². The summed E-state index contributed by atoms with van der Waals surface area (Å²) in [4.78, 5) is 14.5. The zero-order chi connectivity index (χ0) is 19.9. The highest BCUT2D eigenvalue weighted by Gasteiger charge is 2.25. The van der Waals surface area contributed by atoms with Crippen molar-refractivity contribution < 1.29 is 13.2 Å². The van der Waals surface area contributed by atoms with E-state index in [1.807, 2.05) is 37.3 Å². The van der Waals surface area contributed by atoms with E-state index in [0.717, 1.165) is 11.1 Å². The first-order valence-corrected chi connectivity index (χ1v) is 10.4. The third kappa shape index (κ3) is 6.91.